The lowest BCUT2D eigenvalue weighted by atomic mass is 10.1. The minimum absolute atomic E-state index is 0.0666. The monoisotopic (exact) mass is 666 g/mol. The van der Waals surface area contributed by atoms with E-state index in [0.717, 1.165) is 23.9 Å². The molecule has 1 atom stereocenters. The number of halogens is 6. The van der Waals surface area contributed by atoms with Crippen LogP contribution in [0, 0.1) is 0 Å². The van der Waals surface area contributed by atoms with Crippen LogP contribution in [0.15, 0.2) is 95.9 Å². The van der Waals surface area contributed by atoms with Crippen LogP contribution in [0.1, 0.15) is 27.6 Å². The number of hydrogen-bond donors (Lipinski definition) is 2. The second kappa shape index (κ2) is 14.2. The third-order valence-corrected chi connectivity index (χ3v) is 7.57. The van der Waals surface area contributed by atoms with Gasteiger partial charge < -0.3 is 15.4 Å². The summed E-state index contributed by atoms with van der Waals surface area (Å²) in [6.45, 7) is 0. The van der Waals surface area contributed by atoms with Gasteiger partial charge in [-0.25, -0.2) is 4.79 Å². The van der Waals surface area contributed by atoms with Gasteiger partial charge >= 0.3 is 12.1 Å². The second-order valence-corrected chi connectivity index (χ2v) is 11.2. The molecule has 222 valence electrons. The van der Waals surface area contributed by atoms with Gasteiger partial charge in [-0.1, -0.05) is 77.3 Å². The van der Waals surface area contributed by atoms with E-state index in [4.69, 9.17) is 39.5 Å². The molecule has 0 fully saturated rings. The van der Waals surface area contributed by atoms with Crippen molar-refractivity contribution >= 4 is 75.7 Å². The Bertz CT molecular complexity index is 1640. The van der Waals surface area contributed by atoms with Gasteiger partial charge in [-0.3, -0.25) is 9.59 Å². The van der Waals surface area contributed by atoms with Crippen LogP contribution in [-0.2, 0) is 20.5 Å². The summed E-state index contributed by atoms with van der Waals surface area (Å²) in [5.74, 6) is -2.31. The highest BCUT2D eigenvalue weighted by Gasteiger charge is 2.32. The maximum atomic E-state index is 13.3. The molecule has 2 amide bonds. The van der Waals surface area contributed by atoms with Crippen LogP contribution >= 0.6 is 46.6 Å². The van der Waals surface area contributed by atoms with Crippen molar-refractivity contribution in [1.82, 2.24) is 0 Å². The van der Waals surface area contributed by atoms with Gasteiger partial charge in [0, 0.05) is 26.2 Å². The van der Waals surface area contributed by atoms with Gasteiger partial charge in [-0.15, -0.1) is 11.8 Å². The first-order chi connectivity index (χ1) is 20.4. The van der Waals surface area contributed by atoms with Gasteiger partial charge in [-0.05, 0) is 48.5 Å². The SMILES string of the molecule is O=C(CSc1ccccc1C(=O)O[C@@H](C(=O)Nc1cc(C(F)(F)F)ccc1Cl)c1ccccc1)Nc1cc(Cl)cc(Cl)c1. The highest BCUT2D eigenvalue weighted by atomic mass is 35.5. The van der Waals surface area contributed by atoms with Crippen LogP contribution in [0.5, 0.6) is 0 Å². The molecule has 2 N–H and O–H groups in total. The lowest BCUT2D eigenvalue weighted by Gasteiger charge is -2.20. The molecule has 0 aliphatic carbocycles. The molecule has 13 heteroatoms. The van der Waals surface area contributed by atoms with E-state index in [1.807, 2.05) is 0 Å². The minimum Gasteiger partial charge on any atom is -0.444 e. The molecule has 6 nitrogen and oxygen atoms in total. The van der Waals surface area contributed by atoms with E-state index in [1.54, 1.807) is 36.4 Å². The molecule has 0 saturated carbocycles. The number of carbonyl (C=O) groups excluding carboxylic acids is 3. The molecule has 4 aromatic rings. The van der Waals surface area contributed by atoms with Gasteiger partial charge in [0.15, 0.2) is 0 Å². The minimum atomic E-state index is -4.67. The zero-order valence-electron chi connectivity index (χ0n) is 21.8. The fraction of sp³-hybridized carbons (Fsp3) is 0.100. The standard InChI is InChI=1S/C30H20Cl3F3N2O4S/c31-19-13-20(32)15-21(14-19)37-26(39)16-43-25-9-5-4-8-22(25)29(41)42-27(17-6-2-1-3-7-17)28(40)38-24-12-18(30(34,35)36)10-11-23(24)33/h1-15,27H,16H2,(H,37,39)(H,38,40)/t27-/m1/s1. The first-order valence-electron chi connectivity index (χ1n) is 12.3. The Morgan fingerprint density at radius 2 is 1.47 bits per heavy atom. The van der Waals surface area contributed by atoms with Gasteiger partial charge in [0.05, 0.1) is 27.6 Å². The van der Waals surface area contributed by atoms with Crippen LogP contribution in [0.4, 0.5) is 24.5 Å². The van der Waals surface area contributed by atoms with Crippen molar-refractivity contribution < 1.29 is 32.3 Å². The van der Waals surface area contributed by atoms with Gasteiger partial charge in [0.2, 0.25) is 12.0 Å². The van der Waals surface area contributed by atoms with Crippen molar-refractivity contribution in [1.29, 1.82) is 0 Å². The number of benzene rings is 4. The van der Waals surface area contributed by atoms with Crippen LogP contribution in [0.25, 0.3) is 0 Å². The third-order valence-electron chi connectivity index (χ3n) is 5.73. The number of amides is 2. The summed E-state index contributed by atoms with van der Waals surface area (Å²) in [4.78, 5) is 39.6. The zero-order valence-corrected chi connectivity index (χ0v) is 24.8. The number of nitrogens with one attached hydrogen (secondary N) is 2. The number of alkyl halides is 3. The summed E-state index contributed by atoms with van der Waals surface area (Å²) in [7, 11) is 0. The van der Waals surface area contributed by atoms with Gasteiger partial charge in [0.1, 0.15) is 0 Å². The van der Waals surface area contributed by atoms with E-state index >= 15 is 0 Å². The largest absolute Gasteiger partial charge is 0.444 e. The molecule has 4 rings (SSSR count). The van der Waals surface area contributed by atoms with E-state index in [0.29, 0.717) is 26.7 Å². The van der Waals surface area contributed by atoms with E-state index in [9.17, 15) is 27.6 Å². The summed E-state index contributed by atoms with van der Waals surface area (Å²) >= 11 is 19.1. The Morgan fingerprint density at radius 3 is 2.14 bits per heavy atom. The van der Waals surface area contributed by atoms with Crippen molar-refractivity contribution in [3.05, 3.63) is 123 Å². The first kappa shape index (κ1) is 32.2. The number of anilines is 2. The molecule has 0 saturated heterocycles. The summed E-state index contributed by atoms with van der Waals surface area (Å²) < 4.78 is 45.4. The predicted molar refractivity (Wildman–Crippen MR) is 162 cm³/mol. The Labute approximate surface area is 263 Å². The molecule has 0 unspecified atom stereocenters. The average Bonchev–Trinajstić information content (AvgIpc) is 2.95. The quantitative estimate of drug-likeness (QED) is 0.138. The summed E-state index contributed by atoms with van der Waals surface area (Å²) in [6.07, 6.45) is -6.22. The number of esters is 1. The molecule has 0 aliphatic rings. The summed E-state index contributed by atoms with van der Waals surface area (Å²) in [5.41, 5.74) is -0.596. The molecule has 0 spiro atoms. The molecular weight excluding hydrogens is 648 g/mol. The smallest absolute Gasteiger partial charge is 0.416 e. The Morgan fingerprint density at radius 1 is 0.814 bits per heavy atom. The number of hydrogen-bond acceptors (Lipinski definition) is 5. The van der Waals surface area contributed by atoms with E-state index in [-0.39, 0.29) is 27.6 Å². The lowest BCUT2D eigenvalue weighted by molar-refractivity contribution is -0.137. The number of carbonyl (C=O) groups is 3. The van der Waals surface area contributed by atoms with Crippen molar-refractivity contribution in [2.75, 3.05) is 16.4 Å². The molecule has 0 bridgehead atoms. The molecule has 0 aromatic heterocycles. The van der Waals surface area contributed by atoms with Crippen molar-refractivity contribution in [2.24, 2.45) is 0 Å². The van der Waals surface area contributed by atoms with Crippen LogP contribution < -0.4 is 10.6 Å². The van der Waals surface area contributed by atoms with Crippen molar-refractivity contribution in [2.45, 2.75) is 17.2 Å². The zero-order chi connectivity index (χ0) is 31.1. The lowest BCUT2D eigenvalue weighted by Crippen LogP contribution is -2.26. The molecule has 43 heavy (non-hydrogen) atoms. The topological polar surface area (TPSA) is 84.5 Å². The Kier molecular flexibility index (Phi) is 10.6. The maximum Gasteiger partial charge on any atom is 0.416 e. The van der Waals surface area contributed by atoms with Crippen LogP contribution in [0.3, 0.4) is 0 Å². The molecular formula is C30H20Cl3F3N2O4S. The first-order valence-corrected chi connectivity index (χ1v) is 14.4. The van der Waals surface area contributed by atoms with Crippen molar-refractivity contribution in [3.8, 4) is 0 Å². The fourth-order valence-corrected chi connectivity index (χ4v) is 5.33. The highest BCUT2D eigenvalue weighted by Crippen LogP contribution is 2.35. The van der Waals surface area contributed by atoms with E-state index < -0.39 is 35.6 Å². The third kappa shape index (κ3) is 8.90. The van der Waals surface area contributed by atoms with Gasteiger partial charge in [0.25, 0.3) is 5.91 Å². The average molecular weight is 668 g/mol. The summed E-state index contributed by atoms with van der Waals surface area (Å²) in [6, 6.07) is 21.3. The Balaban J connectivity index is 1.52. The fourth-order valence-electron chi connectivity index (χ4n) is 3.79. The molecule has 0 radical (unpaired) electrons. The maximum absolute atomic E-state index is 13.3. The van der Waals surface area contributed by atoms with Gasteiger partial charge in [-0.2, -0.15) is 13.2 Å². The molecule has 0 heterocycles. The number of rotatable bonds is 9. The predicted octanol–water partition coefficient (Wildman–Crippen LogP) is 8.93. The normalized spacial score (nSPS) is 11.9. The van der Waals surface area contributed by atoms with E-state index in [2.05, 4.69) is 10.6 Å². The van der Waals surface area contributed by atoms with Crippen LogP contribution in [0.2, 0.25) is 15.1 Å². The molecule has 4 aromatic carbocycles. The number of thioether (sulfide) groups is 1. The number of ether oxygens (including phenoxy) is 1. The highest BCUT2D eigenvalue weighted by molar-refractivity contribution is 8.00. The van der Waals surface area contributed by atoms with E-state index in [1.165, 1.54) is 36.4 Å². The van der Waals surface area contributed by atoms with Crippen LogP contribution in [-0.4, -0.2) is 23.5 Å². The molecule has 0 aliphatic heterocycles. The summed E-state index contributed by atoms with van der Waals surface area (Å²) in [5, 5.41) is 5.56. The second-order valence-electron chi connectivity index (χ2n) is 8.87. The Hall–Kier alpha value is -3.70. The van der Waals surface area contributed by atoms with Crippen molar-refractivity contribution in [3.63, 3.8) is 0 Å².